The number of carbonyl (C=O) groups is 1. The van der Waals surface area contributed by atoms with Crippen LogP contribution in [0.3, 0.4) is 0 Å². The molecule has 0 aromatic heterocycles. The molecule has 0 bridgehead atoms. The van der Waals surface area contributed by atoms with Crippen LogP contribution in [0.1, 0.15) is 54.4 Å². The van der Waals surface area contributed by atoms with E-state index in [1.807, 2.05) is 0 Å². The number of aliphatic carboxylic acids is 1. The van der Waals surface area contributed by atoms with E-state index in [9.17, 15) is 4.79 Å². The van der Waals surface area contributed by atoms with Gasteiger partial charge in [0.25, 0.3) is 0 Å². The van der Waals surface area contributed by atoms with Gasteiger partial charge in [-0.15, -0.1) is 0 Å². The summed E-state index contributed by atoms with van der Waals surface area (Å²) >= 11 is 0. The van der Waals surface area contributed by atoms with Gasteiger partial charge in [-0.1, -0.05) is 19.1 Å². The Morgan fingerprint density at radius 1 is 1.25 bits per heavy atom. The summed E-state index contributed by atoms with van der Waals surface area (Å²) in [7, 11) is 0. The predicted molar refractivity (Wildman–Crippen MR) is 96.4 cm³/mol. The zero-order valence-electron chi connectivity index (χ0n) is 15.2. The van der Waals surface area contributed by atoms with Gasteiger partial charge in [0.1, 0.15) is 0 Å². The molecule has 0 unspecified atom stereocenters. The van der Waals surface area contributed by atoms with Crippen molar-refractivity contribution in [3.05, 3.63) is 34.4 Å². The average Bonchev–Trinajstić information content (AvgIpc) is 2.42. The summed E-state index contributed by atoms with van der Waals surface area (Å²) in [6, 6.07) is 4.73. The number of hydrogen-bond acceptors (Lipinski definition) is 3. The molecule has 0 amide bonds. The molecule has 2 aliphatic rings. The van der Waals surface area contributed by atoms with Crippen molar-refractivity contribution < 1.29 is 9.90 Å². The summed E-state index contributed by atoms with van der Waals surface area (Å²) in [6.45, 7) is 11.8. The van der Waals surface area contributed by atoms with Crippen LogP contribution in [0.25, 0.3) is 0 Å². The fourth-order valence-corrected chi connectivity index (χ4v) is 4.05. The van der Waals surface area contributed by atoms with Gasteiger partial charge in [0.2, 0.25) is 0 Å². The highest BCUT2D eigenvalue weighted by atomic mass is 16.4. The molecule has 0 radical (unpaired) electrons. The number of aryl methyl sites for hydroxylation is 2. The quantitative estimate of drug-likeness (QED) is 0.871. The number of benzene rings is 1. The highest BCUT2D eigenvalue weighted by molar-refractivity contribution is 5.67. The van der Waals surface area contributed by atoms with Crippen molar-refractivity contribution in [1.82, 2.24) is 10.2 Å². The van der Waals surface area contributed by atoms with Gasteiger partial charge < -0.3 is 10.4 Å². The van der Waals surface area contributed by atoms with Crippen molar-refractivity contribution in [2.24, 2.45) is 5.41 Å². The Morgan fingerprint density at radius 2 is 1.83 bits per heavy atom. The van der Waals surface area contributed by atoms with Crippen molar-refractivity contribution in [3.8, 4) is 0 Å². The fraction of sp³-hybridized carbons (Fsp3) is 0.650. The molecule has 24 heavy (non-hydrogen) atoms. The summed E-state index contributed by atoms with van der Waals surface area (Å²) in [5, 5.41) is 12.4. The first kappa shape index (κ1) is 17.4. The largest absolute Gasteiger partial charge is 0.481 e. The molecule has 2 heterocycles. The number of nitrogens with zero attached hydrogens (tertiary/aromatic N) is 1. The monoisotopic (exact) mass is 330 g/mol. The van der Waals surface area contributed by atoms with E-state index in [4.69, 9.17) is 5.11 Å². The maximum Gasteiger partial charge on any atom is 0.303 e. The van der Waals surface area contributed by atoms with Crippen LogP contribution in [-0.4, -0.2) is 42.2 Å². The zero-order chi connectivity index (χ0) is 17.3. The molecule has 132 valence electrons. The summed E-state index contributed by atoms with van der Waals surface area (Å²) < 4.78 is 0. The lowest BCUT2D eigenvalue weighted by atomic mass is 9.77. The molecule has 4 heteroatoms. The summed E-state index contributed by atoms with van der Waals surface area (Å²) in [5.74, 6) is 0.0156. The van der Waals surface area contributed by atoms with Crippen LogP contribution >= 0.6 is 0 Å². The maximum absolute atomic E-state index is 11.0. The van der Waals surface area contributed by atoms with Gasteiger partial charge in [0.15, 0.2) is 0 Å². The first-order valence-electron chi connectivity index (χ1n) is 9.11. The molecule has 3 rings (SSSR count). The standard InChI is InChI=1S/C20H30N2O2/c1-14-8-16(17-11-21-12-17)9-15(2)18(14)13-22-6-4-20(3,5-7-22)10-19(23)24/h8-9,17,21H,4-7,10-13H2,1-3H3,(H,23,24). The second-order valence-electron chi connectivity index (χ2n) is 8.15. The third kappa shape index (κ3) is 3.81. The third-order valence-electron chi connectivity index (χ3n) is 5.99. The molecule has 2 aliphatic heterocycles. The van der Waals surface area contributed by atoms with Crippen molar-refractivity contribution in [2.75, 3.05) is 26.2 Å². The molecule has 2 saturated heterocycles. The SMILES string of the molecule is Cc1cc(C2CNC2)cc(C)c1CN1CCC(C)(CC(=O)O)CC1. The van der Waals surface area contributed by atoms with Gasteiger partial charge in [-0.2, -0.15) is 0 Å². The Labute approximate surface area is 145 Å². The minimum Gasteiger partial charge on any atom is -0.481 e. The van der Waals surface area contributed by atoms with E-state index >= 15 is 0 Å². The topological polar surface area (TPSA) is 52.6 Å². The molecule has 0 aliphatic carbocycles. The normalized spacial score (nSPS) is 21.5. The lowest BCUT2D eigenvalue weighted by molar-refractivity contribution is -0.140. The summed E-state index contributed by atoms with van der Waals surface area (Å²) in [5.41, 5.74) is 5.69. The van der Waals surface area contributed by atoms with Crippen LogP contribution in [0.2, 0.25) is 0 Å². The Balaban J connectivity index is 1.63. The van der Waals surface area contributed by atoms with Crippen LogP contribution < -0.4 is 5.32 Å². The van der Waals surface area contributed by atoms with E-state index in [1.165, 1.54) is 22.3 Å². The second-order valence-corrected chi connectivity index (χ2v) is 8.15. The fourth-order valence-electron chi connectivity index (χ4n) is 4.05. The predicted octanol–water partition coefficient (Wildman–Crippen LogP) is 3.07. The van der Waals surface area contributed by atoms with Gasteiger partial charge in [-0.05, 0) is 67.4 Å². The molecule has 2 N–H and O–H groups in total. The lowest BCUT2D eigenvalue weighted by Gasteiger charge is -2.39. The highest BCUT2D eigenvalue weighted by Crippen LogP contribution is 2.35. The Kier molecular flexibility index (Phi) is 4.97. The Hall–Kier alpha value is -1.39. The van der Waals surface area contributed by atoms with Crippen LogP contribution in [-0.2, 0) is 11.3 Å². The number of nitrogens with one attached hydrogen (secondary N) is 1. The van der Waals surface area contributed by atoms with Crippen LogP contribution in [0.15, 0.2) is 12.1 Å². The summed E-state index contributed by atoms with van der Waals surface area (Å²) in [6.07, 6.45) is 2.25. The van der Waals surface area contributed by atoms with Gasteiger partial charge in [-0.25, -0.2) is 0 Å². The van der Waals surface area contributed by atoms with Crippen molar-refractivity contribution >= 4 is 5.97 Å². The molecule has 4 nitrogen and oxygen atoms in total. The van der Waals surface area contributed by atoms with Gasteiger partial charge in [0.05, 0.1) is 6.42 Å². The molecule has 1 aromatic carbocycles. The number of carboxylic acids is 1. The molecular formula is C20H30N2O2. The van der Waals surface area contributed by atoms with Gasteiger partial charge >= 0.3 is 5.97 Å². The van der Waals surface area contributed by atoms with Gasteiger partial charge in [0, 0.05) is 25.6 Å². The molecule has 2 fully saturated rings. The van der Waals surface area contributed by atoms with Crippen molar-refractivity contribution in [3.63, 3.8) is 0 Å². The van der Waals surface area contributed by atoms with E-state index in [2.05, 4.69) is 43.1 Å². The number of likely N-dealkylation sites (tertiary alicyclic amines) is 1. The highest BCUT2D eigenvalue weighted by Gasteiger charge is 2.32. The second kappa shape index (κ2) is 6.85. The van der Waals surface area contributed by atoms with E-state index in [-0.39, 0.29) is 5.41 Å². The third-order valence-corrected chi connectivity index (χ3v) is 5.99. The number of carboxylic acid groups (broad SMARTS) is 1. The molecule has 0 spiro atoms. The molecule has 0 atom stereocenters. The van der Waals surface area contributed by atoms with E-state index in [1.54, 1.807) is 0 Å². The minimum absolute atomic E-state index is 0.0342. The smallest absolute Gasteiger partial charge is 0.303 e. The first-order valence-corrected chi connectivity index (χ1v) is 9.11. The van der Waals surface area contributed by atoms with Gasteiger partial charge in [-0.3, -0.25) is 9.69 Å². The van der Waals surface area contributed by atoms with Crippen molar-refractivity contribution in [1.29, 1.82) is 0 Å². The zero-order valence-corrected chi connectivity index (χ0v) is 15.2. The lowest BCUT2D eigenvalue weighted by Crippen LogP contribution is -2.40. The number of rotatable bonds is 5. The minimum atomic E-state index is -0.668. The Morgan fingerprint density at radius 3 is 2.29 bits per heavy atom. The average molecular weight is 330 g/mol. The van der Waals surface area contributed by atoms with E-state index in [0.29, 0.717) is 12.3 Å². The van der Waals surface area contributed by atoms with E-state index in [0.717, 1.165) is 45.6 Å². The first-order chi connectivity index (χ1) is 11.4. The molecule has 0 saturated carbocycles. The van der Waals surface area contributed by atoms with Crippen molar-refractivity contribution in [2.45, 2.75) is 52.5 Å². The number of piperidine rings is 1. The summed E-state index contributed by atoms with van der Waals surface area (Å²) in [4.78, 5) is 13.5. The van der Waals surface area contributed by atoms with E-state index < -0.39 is 5.97 Å². The molecular weight excluding hydrogens is 300 g/mol. The molecule has 1 aromatic rings. The van der Waals surface area contributed by atoms with Crippen LogP contribution in [0.5, 0.6) is 0 Å². The number of hydrogen-bond donors (Lipinski definition) is 2. The van der Waals surface area contributed by atoms with Crippen LogP contribution in [0.4, 0.5) is 0 Å². The Bertz CT molecular complexity index is 591. The maximum atomic E-state index is 11.0. The van der Waals surface area contributed by atoms with Crippen LogP contribution in [0, 0.1) is 19.3 Å².